The van der Waals surface area contributed by atoms with Crippen LogP contribution in [0.4, 0.5) is 0 Å². The van der Waals surface area contributed by atoms with Crippen LogP contribution in [0.15, 0.2) is 36.4 Å². The van der Waals surface area contributed by atoms with Gasteiger partial charge in [0.15, 0.2) is 17.8 Å². The molecule has 2 aromatic carbocycles. The predicted octanol–water partition coefficient (Wildman–Crippen LogP) is 3.40. The molecule has 0 aliphatic carbocycles. The SMILES string of the molecule is COc1ccc([C@@H](CCCN)N(C)C(=O)c2c(C=O)cccc2OCCCN(C)C)cc1OC. The Morgan fingerprint density at radius 2 is 1.76 bits per heavy atom. The number of amides is 1. The number of hydrogen-bond acceptors (Lipinski definition) is 7. The fourth-order valence-corrected chi connectivity index (χ4v) is 3.83. The Bertz CT molecular complexity index is 948. The lowest BCUT2D eigenvalue weighted by molar-refractivity contribution is 0.0713. The second-order valence-corrected chi connectivity index (χ2v) is 8.32. The summed E-state index contributed by atoms with van der Waals surface area (Å²) >= 11 is 0. The van der Waals surface area contributed by atoms with Crippen LogP contribution in [-0.4, -0.2) is 77.1 Å². The van der Waals surface area contributed by atoms with Gasteiger partial charge in [0.05, 0.1) is 32.4 Å². The number of nitrogens with zero attached hydrogens (tertiary/aromatic N) is 2. The highest BCUT2D eigenvalue weighted by atomic mass is 16.5. The van der Waals surface area contributed by atoms with Crippen molar-refractivity contribution in [1.29, 1.82) is 0 Å². The van der Waals surface area contributed by atoms with Crippen LogP contribution < -0.4 is 19.9 Å². The zero-order chi connectivity index (χ0) is 25.1. The number of carbonyl (C=O) groups excluding carboxylic acids is 2. The largest absolute Gasteiger partial charge is 0.493 e. The van der Waals surface area contributed by atoms with Gasteiger partial charge in [-0.15, -0.1) is 0 Å². The maximum Gasteiger partial charge on any atom is 0.258 e. The van der Waals surface area contributed by atoms with Gasteiger partial charge in [-0.1, -0.05) is 18.2 Å². The number of rotatable bonds is 14. The third kappa shape index (κ3) is 6.95. The van der Waals surface area contributed by atoms with E-state index in [0.29, 0.717) is 48.7 Å². The van der Waals surface area contributed by atoms with Crippen molar-refractivity contribution in [2.24, 2.45) is 5.73 Å². The Balaban J connectivity index is 2.40. The molecule has 0 aliphatic rings. The Morgan fingerprint density at radius 1 is 1.03 bits per heavy atom. The average Bonchev–Trinajstić information content (AvgIpc) is 2.85. The molecule has 186 valence electrons. The zero-order valence-corrected chi connectivity index (χ0v) is 20.9. The second kappa shape index (κ2) is 13.6. The lowest BCUT2D eigenvalue weighted by Gasteiger charge is -2.30. The summed E-state index contributed by atoms with van der Waals surface area (Å²) in [4.78, 5) is 29.3. The summed E-state index contributed by atoms with van der Waals surface area (Å²) in [5.74, 6) is 1.31. The van der Waals surface area contributed by atoms with Crippen LogP contribution in [0.2, 0.25) is 0 Å². The van der Waals surface area contributed by atoms with E-state index in [0.717, 1.165) is 24.9 Å². The van der Waals surface area contributed by atoms with E-state index >= 15 is 0 Å². The van der Waals surface area contributed by atoms with E-state index in [2.05, 4.69) is 4.90 Å². The number of aldehydes is 1. The van der Waals surface area contributed by atoms with Crippen LogP contribution in [0, 0.1) is 0 Å². The van der Waals surface area contributed by atoms with Gasteiger partial charge in [0.2, 0.25) is 0 Å². The van der Waals surface area contributed by atoms with Gasteiger partial charge in [0, 0.05) is 19.2 Å². The normalized spacial score (nSPS) is 11.7. The van der Waals surface area contributed by atoms with E-state index in [4.69, 9.17) is 19.9 Å². The minimum absolute atomic E-state index is 0.267. The minimum atomic E-state index is -0.290. The smallest absolute Gasteiger partial charge is 0.258 e. The van der Waals surface area contributed by atoms with E-state index in [1.807, 2.05) is 32.3 Å². The Labute approximate surface area is 202 Å². The van der Waals surface area contributed by atoms with Crippen molar-refractivity contribution in [3.05, 3.63) is 53.1 Å². The van der Waals surface area contributed by atoms with E-state index < -0.39 is 0 Å². The Kier molecular flexibility index (Phi) is 10.8. The van der Waals surface area contributed by atoms with Gasteiger partial charge in [-0.25, -0.2) is 0 Å². The molecule has 0 spiro atoms. The summed E-state index contributed by atoms with van der Waals surface area (Å²) in [6.07, 6.45) is 2.86. The molecule has 0 saturated heterocycles. The number of methoxy groups -OCH3 is 2. The molecule has 0 bridgehead atoms. The fraction of sp³-hybridized carbons (Fsp3) is 0.462. The van der Waals surface area contributed by atoms with Crippen LogP contribution in [0.5, 0.6) is 17.2 Å². The number of carbonyl (C=O) groups is 2. The van der Waals surface area contributed by atoms with Crippen molar-refractivity contribution >= 4 is 12.2 Å². The van der Waals surface area contributed by atoms with Crippen molar-refractivity contribution in [1.82, 2.24) is 9.80 Å². The molecule has 0 unspecified atom stereocenters. The first-order chi connectivity index (χ1) is 16.4. The molecule has 2 aromatic rings. The number of ether oxygens (including phenoxy) is 3. The molecular formula is C26H37N3O5. The molecule has 1 amide bonds. The van der Waals surface area contributed by atoms with Crippen LogP contribution in [0.1, 0.15) is 51.6 Å². The maximum atomic E-state index is 13.7. The topological polar surface area (TPSA) is 94.3 Å². The Hall–Kier alpha value is -3.10. The standard InChI is InChI=1S/C26H37N3O5/c1-28(2)15-8-16-34-23-11-6-9-20(18-30)25(23)26(31)29(3)21(10-7-14-27)19-12-13-22(32-4)24(17-19)33-5/h6,9,11-13,17-18,21H,7-8,10,14-16,27H2,1-5H3/t21-/m1/s1. The van der Waals surface area contributed by atoms with Crippen LogP contribution in [0.25, 0.3) is 0 Å². The molecule has 0 saturated carbocycles. The van der Waals surface area contributed by atoms with Gasteiger partial charge in [-0.05, 0) is 63.7 Å². The molecule has 2 N–H and O–H groups in total. The van der Waals surface area contributed by atoms with Gasteiger partial charge in [-0.3, -0.25) is 9.59 Å². The summed E-state index contributed by atoms with van der Waals surface area (Å²) in [5, 5.41) is 0. The molecule has 0 heterocycles. The Morgan fingerprint density at radius 3 is 2.38 bits per heavy atom. The summed E-state index contributed by atoms with van der Waals surface area (Å²) in [5.41, 5.74) is 7.24. The molecule has 2 rings (SSSR count). The van der Waals surface area contributed by atoms with E-state index in [-0.39, 0.29) is 17.5 Å². The first kappa shape index (κ1) is 27.1. The zero-order valence-electron chi connectivity index (χ0n) is 20.9. The van der Waals surface area contributed by atoms with Gasteiger partial charge in [-0.2, -0.15) is 0 Å². The van der Waals surface area contributed by atoms with Gasteiger partial charge >= 0.3 is 0 Å². The van der Waals surface area contributed by atoms with Crippen molar-refractivity contribution < 1.29 is 23.8 Å². The lowest BCUT2D eigenvalue weighted by atomic mass is 9.98. The molecule has 34 heavy (non-hydrogen) atoms. The first-order valence-electron chi connectivity index (χ1n) is 11.4. The van der Waals surface area contributed by atoms with Crippen LogP contribution in [0.3, 0.4) is 0 Å². The highest BCUT2D eigenvalue weighted by Crippen LogP contribution is 2.35. The van der Waals surface area contributed by atoms with Crippen molar-refractivity contribution in [2.75, 3.05) is 55.1 Å². The van der Waals surface area contributed by atoms with Crippen molar-refractivity contribution in [2.45, 2.75) is 25.3 Å². The molecule has 8 heteroatoms. The van der Waals surface area contributed by atoms with E-state index in [1.165, 1.54) is 0 Å². The summed E-state index contributed by atoms with van der Waals surface area (Å²) in [6, 6.07) is 10.4. The second-order valence-electron chi connectivity index (χ2n) is 8.32. The number of nitrogens with two attached hydrogens (primary N) is 1. The molecule has 0 aliphatic heterocycles. The monoisotopic (exact) mass is 471 g/mol. The highest BCUT2D eigenvalue weighted by molar-refractivity contribution is 6.04. The molecule has 0 fully saturated rings. The van der Waals surface area contributed by atoms with Gasteiger partial charge in [0.1, 0.15) is 5.75 Å². The van der Waals surface area contributed by atoms with E-state index in [9.17, 15) is 9.59 Å². The molecule has 0 aromatic heterocycles. The maximum absolute atomic E-state index is 13.7. The summed E-state index contributed by atoms with van der Waals surface area (Å²) < 4.78 is 16.8. The average molecular weight is 472 g/mol. The van der Waals surface area contributed by atoms with Crippen molar-refractivity contribution in [3.8, 4) is 17.2 Å². The van der Waals surface area contributed by atoms with Crippen molar-refractivity contribution in [3.63, 3.8) is 0 Å². The van der Waals surface area contributed by atoms with Crippen LogP contribution in [-0.2, 0) is 0 Å². The first-order valence-corrected chi connectivity index (χ1v) is 11.4. The minimum Gasteiger partial charge on any atom is -0.493 e. The van der Waals surface area contributed by atoms with Gasteiger partial charge in [0.25, 0.3) is 5.91 Å². The van der Waals surface area contributed by atoms with E-state index in [1.54, 1.807) is 44.4 Å². The predicted molar refractivity (Wildman–Crippen MR) is 133 cm³/mol. The molecule has 1 atom stereocenters. The number of benzene rings is 2. The summed E-state index contributed by atoms with van der Waals surface area (Å²) in [6.45, 7) is 1.80. The summed E-state index contributed by atoms with van der Waals surface area (Å²) in [7, 11) is 8.87. The quantitative estimate of drug-likeness (QED) is 0.333. The highest BCUT2D eigenvalue weighted by Gasteiger charge is 2.27. The van der Waals surface area contributed by atoms with Crippen LogP contribution >= 0.6 is 0 Å². The third-order valence-corrected chi connectivity index (χ3v) is 5.67. The number of hydrogen-bond donors (Lipinski definition) is 1. The third-order valence-electron chi connectivity index (χ3n) is 5.67. The molecular weight excluding hydrogens is 434 g/mol. The lowest BCUT2D eigenvalue weighted by Crippen LogP contribution is -2.33. The fourth-order valence-electron chi connectivity index (χ4n) is 3.83. The van der Waals surface area contributed by atoms with Gasteiger partial charge < -0.3 is 29.7 Å². The molecule has 8 nitrogen and oxygen atoms in total. The molecule has 0 radical (unpaired) electrons.